The molecule has 1 amide bonds. The largest absolute Gasteiger partial charge is 0.508 e. The molecule has 0 heterocycles. The van der Waals surface area contributed by atoms with E-state index in [-0.39, 0.29) is 23.5 Å². The van der Waals surface area contributed by atoms with Gasteiger partial charge in [-0.05, 0) is 96.8 Å². The maximum absolute atomic E-state index is 11.4. The zero-order valence-corrected chi connectivity index (χ0v) is 20.8. The summed E-state index contributed by atoms with van der Waals surface area (Å²) < 4.78 is 6.11. The van der Waals surface area contributed by atoms with Gasteiger partial charge in [0, 0.05) is 13.5 Å². The minimum absolute atomic E-state index is 0.0563. The Hall–Kier alpha value is -3.73. The smallest absolute Gasteiger partial charge is 0.219 e. The Kier molecular flexibility index (Phi) is 9.36. The van der Waals surface area contributed by atoms with Crippen LogP contribution in [0.5, 0.6) is 17.2 Å². The molecule has 0 saturated heterocycles. The van der Waals surface area contributed by atoms with E-state index >= 15 is 0 Å². The number of aromatic hydroxyl groups is 2. The van der Waals surface area contributed by atoms with Crippen molar-refractivity contribution in [2.24, 2.45) is 0 Å². The number of carbonyl (C=O) groups excluding carboxylic acids is 1. The van der Waals surface area contributed by atoms with E-state index in [0.29, 0.717) is 6.42 Å². The van der Waals surface area contributed by atoms with Gasteiger partial charge in [-0.1, -0.05) is 43.3 Å². The molecule has 1 unspecified atom stereocenters. The van der Waals surface area contributed by atoms with E-state index in [0.717, 1.165) is 59.3 Å². The average Bonchev–Trinajstić information content (AvgIpc) is 2.87. The van der Waals surface area contributed by atoms with Crippen LogP contribution >= 0.6 is 0 Å². The molecule has 0 spiro atoms. The van der Waals surface area contributed by atoms with Crippen LogP contribution < -0.4 is 10.1 Å². The quantitative estimate of drug-likeness (QED) is 0.218. The van der Waals surface area contributed by atoms with E-state index in [2.05, 4.69) is 31.3 Å². The van der Waals surface area contributed by atoms with Gasteiger partial charge in [-0.25, -0.2) is 0 Å². The van der Waals surface area contributed by atoms with E-state index in [1.54, 1.807) is 31.3 Å². The van der Waals surface area contributed by atoms with Crippen LogP contribution in [-0.2, 0) is 4.79 Å². The Morgan fingerprint density at radius 2 is 1.34 bits per heavy atom. The average molecular weight is 474 g/mol. The maximum atomic E-state index is 11.4. The Labute approximate surface area is 208 Å². The Balaban J connectivity index is 1.83. The van der Waals surface area contributed by atoms with E-state index < -0.39 is 0 Å². The van der Waals surface area contributed by atoms with Crippen LogP contribution in [0.25, 0.3) is 11.1 Å². The maximum Gasteiger partial charge on any atom is 0.219 e. The highest BCUT2D eigenvalue weighted by Gasteiger charge is 2.14. The molecule has 1 atom stereocenters. The number of carbonyl (C=O) groups is 1. The van der Waals surface area contributed by atoms with Crippen LogP contribution in [0.4, 0.5) is 0 Å². The van der Waals surface area contributed by atoms with Gasteiger partial charge >= 0.3 is 0 Å². The van der Waals surface area contributed by atoms with Crippen LogP contribution in [0.1, 0.15) is 62.6 Å². The van der Waals surface area contributed by atoms with Crippen molar-refractivity contribution in [1.82, 2.24) is 5.32 Å². The van der Waals surface area contributed by atoms with Crippen molar-refractivity contribution in [2.75, 3.05) is 7.05 Å². The Morgan fingerprint density at radius 1 is 0.829 bits per heavy atom. The topological polar surface area (TPSA) is 78.8 Å². The standard InChI is InChI=1S/C30H35NO4/c1-4-28(22-9-15-25(32)16-10-22)30(23-11-17-26(33)18-12-23)24-13-19-27(20-14-24)35-21(2)7-5-6-8-29(34)31-3/h9-21,32-33H,4-8H2,1-3H3,(H,31,34). The summed E-state index contributed by atoms with van der Waals surface area (Å²) in [5.41, 5.74) is 5.32. The van der Waals surface area contributed by atoms with E-state index in [1.807, 2.05) is 36.4 Å². The number of unbranched alkanes of at least 4 members (excludes halogenated alkanes) is 1. The number of rotatable bonds is 11. The first-order valence-corrected chi connectivity index (χ1v) is 12.2. The fourth-order valence-corrected chi connectivity index (χ4v) is 4.16. The number of hydrogen-bond acceptors (Lipinski definition) is 4. The molecule has 0 aliphatic rings. The van der Waals surface area contributed by atoms with Gasteiger partial charge in [-0.2, -0.15) is 0 Å². The van der Waals surface area contributed by atoms with Crippen molar-refractivity contribution in [1.29, 1.82) is 0 Å². The number of phenolic OH excluding ortho intramolecular Hbond substituents is 2. The fourth-order valence-electron chi connectivity index (χ4n) is 4.16. The third kappa shape index (κ3) is 7.38. The van der Waals surface area contributed by atoms with Gasteiger partial charge in [-0.3, -0.25) is 4.79 Å². The van der Waals surface area contributed by atoms with Crippen molar-refractivity contribution in [3.8, 4) is 17.2 Å². The van der Waals surface area contributed by atoms with E-state index in [1.165, 1.54) is 0 Å². The molecule has 35 heavy (non-hydrogen) atoms. The van der Waals surface area contributed by atoms with Crippen molar-refractivity contribution >= 4 is 17.1 Å². The molecule has 184 valence electrons. The van der Waals surface area contributed by atoms with Crippen LogP contribution in [0.2, 0.25) is 0 Å². The molecule has 0 saturated carbocycles. The number of ether oxygens (including phenoxy) is 1. The predicted molar refractivity (Wildman–Crippen MR) is 141 cm³/mol. The minimum atomic E-state index is 0.0563. The van der Waals surface area contributed by atoms with Gasteiger partial charge in [-0.15, -0.1) is 0 Å². The lowest BCUT2D eigenvalue weighted by molar-refractivity contribution is -0.120. The monoisotopic (exact) mass is 473 g/mol. The lowest BCUT2D eigenvalue weighted by atomic mass is 9.88. The highest BCUT2D eigenvalue weighted by atomic mass is 16.5. The zero-order chi connectivity index (χ0) is 25.2. The number of nitrogens with one attached hydrogen (secondary N) is 1. The van der Waals surface area contributed by atoms with Crippen molar-refractivity contribution in [3.63, 3.8) is 0 Å². The van der Waals surface area contributed by atoms with Crippen molar-refractivity contribution in [3.05, 3.63) is 89.5 Å². The van der Waals surface area contributed by atoms with Crippen molar-refractivity contribution < 1.29 is 19.7 Å². The van der Waals surface area contributed by atoms with Gasteiger partial charge in [0.15, 0.2) is 0 Å². The summed E-state index contributed by atoms with van der Waals surface area (Å²) in [6.45, 7) is 4.17. The summed E-state index contributed by atoms with van der Waals surface area (Å²) >= 11 is 0. The van der Waals surface area contributed by atoms with Gasteiger partial charge in [0.2, 0.25) is 5.91 Å². The first kappa shape index (κ1) is 25.9. The zero-order valence-electron chi connectivity index (χ0n) is 20.8. The van der Waals surface area contributed by atoms with Crippen molar-refractivity contribution in [2.45, 2.75) is 52.1 Å². The molecule has 5 nitrogen and oxygen atoms in total. The summed E-state index contributed by atoms with van der Waals surface area (Å²) in [6.07, 6.45) is 4.08. The first-order valence-electron chi connectivity index (χ1n) is 12.2. The van der Waals surface area contributed by atoms with Crippen LogP contribution in [0.3, 0.4) is 0 Å². The lowest BCUT2D eigenvalue weighted by Gasteiger charge is -2.18. The second kappa shape index (κ2) is 12.7. The second-order valence-electron chi connectivity index (χ2n) is 8.67. The molecule has 3 rings (SSSR count). The molecule has 0 radical (unpaired) electrons. The summed E-state index contributed by atoms with van der Waals surface area (Å²) in [4.78, 5) is 11.4. The molecule has 5 heteroatoms. The molecule has 0 aliphatic carbocycles. The molecule has 3 aromatic rings. The number of hydrogen-bond donors (Lipinski definition) is 3. The molecular formula is C30H35NO4. The molecule has 3 aromatic carbocycles. The van der Waals surface area contributed by atoms with Gasteiger partial charge < -0.3 is 20.3 Å². The minimum Gasteiger partial charge on any atom is -0.508 e. The lowest BCUT2D eigenvalue weighted by Crippen LogP contribution is -2.17. The van der Waals surface area contributed by atoms with E-state index in [4.69, 9.17) is 4.74 Å². The highest BCUT2D eigenvalue weighted by molar-refractivity contribution is 5.98. The molecule has 0 fully saturated rings. The predicted octanol–water partition coefficient (Wildman–Crippen LogP) is 6.54. The molecular weight excluding hydrogens is 438 g/mol. The van der Waals surface area contributed by atoms with Crippen LogP contribution in [0, 0.1) is 0 Å². The number of amides is 1. The molecule has 0 bridgehead atoms. The summed E-state index contributed by atoms with van der Waals surface area (Å²) in [5, 5.41) is 22.2. The SMILES string of the molecule is CCC(=C(c1ccc(O)cc1)c1ccc(OC(C)CCCCC(=O)NC)cc1)c1ccc(O)cc1. The van der Waals surface area contributed by atoms with Crippen LogP contribution in [-0.4, -0.2) is 29.3 Å². The van der Waals surface area contributed by atoms with Crippen LogP contribution in [0.15, 0.2) is 72.8 Å². The molecule has 0 aromatic heterocycles. The Morgan fingerprint density at radius 3 is 1.86 bits per heavy atom. The fraction of sp³-hybridized carbons (Fsp3) is 0.300. The third-order valence-electron chi connectivity index (χ3n) is 6.05. The Bertz CT molecular complexity index is 1120. The van der Waals surface area contributed by atoms with Gasteiger partial charge in [0.25, 0.3) is 0 Å². The molecule has 3 N–H and O–H groups in total. The summed E-state index contributed by atoms with van der Waals surface area (Å²) in [5.74, 6) is 1.34. The normalized spacial score (nSPS) is 12.5. The third-order valence-corrected chi connectivity index (χ3v) is 6.05. The molecule has 0 aliphatic heterocycles. The van der Waals surface area contributed by atoms with Gasteiger partial charge in [0.05, 0.1) is 6.10 Å². The number of phenols is 2. The summed E-state index contributed by atoms with van der Waals surface area (Å²) in [6, 6.07) is 22.6. The number of benzene rings is 3. The van der Waals surface area contributed by atoms with E-state index in [9.17, 15) is 15.0 Å². The second-order valence-corrected chi connectivity index (χ2v) is 8.67. The number of allylic oxidation sites excluding steroid dienone is 1. The summed E-state index contributed by atoms with van der Waals surface area (Å²) in [7, 11) is 1.66. The highest BCUT2D eigenvalue weighted by Crippen LogP contribution is 2.36. The first-order chi connectivity index (χ1) is 16.9. The van der Waals surface area contributed by atoms with Gasteiger partial charge in [0.1, 0.15) is 17.2 Å².